The Morgan fingerprint density at radius 3 is 2.26 bits per heavy atom. The summed E-state index contributed by atoms with van der Waals surface area (Å²) in [5.74, 6) is 0.549. The number of nitriles is 1. The van der Waals surface area contributed by atoms with E-state index in [1.54, 1.807) is 6.21 Å². The Bertz CT molecular complexity index is 1190. The van der Waals surface area contributed by atoms with Crippen LogP contribution < -0.4 is 0 Å². The first-order valence-electron chi connectivity index (χ1n) is 10.6. The second-order valence-corrected chi connectivity index (χ2v) is 8.81. The van der Waals surface area contributed by atoms with Gasteiger partial charge in [0.25, 0.3) is 11.8 Å². The van der Waals surface area contributed by atoms with E-state index < -0.39 is 0 Å². The van der Waals surface area contributed by atoms with Crippen molar-refractivity contribution in [3.8, 4) is 12.0 Å². The summed E-state index contributed by atoms with van der Waals surface area (Å²) < 4.78 is 7.75. The molecule has 2 amide bonds. The van der Waals surface area contributed by atoms with E-state index in [2.05, 4.69) is 23.3 Å². The van der Waals surface area contributed by atoms with Gasteiger partial charge in [0.05, 0.1) is 18.1 Å². The number of carbonyl (C=O) groups excluding carboxylic acids is 2. The number of aryl methyl sites for hydroxylation is 2. The van der Waals surface area contributed by atoms with Crippen LogP contribution in [0.4, 0.5) is 0 Å². The van der Waals surface area contributed by atoms with Gasteiger partial charge in [0, 0.05) is 22.5 Å². The normalized spacial score (nSPS) is 26.9. The summed E-state index contributed by atoms with van der Waals surface area (Å²) in [5.41, 5.74) is 3.78. The van der Waals surface area contributed by atoms with E-state index >= 15 is 0 Å². The number of hydrazone groups is 1. The van der Waals surface area contributed by atoms with Gasteiger partial charge in [0.15, 0.2) is 0 Å². The van der Waals surface area contributed by atoms with Crippen molar-refractivity contribution in [2.75, 3.05) is 0 Å². The monoisotopic (exact) mass is 416 g/mol. The maximum absolute atomic E-state index is 13.0. The fourth-order valence-corrected chi connectivity index (χ4v) is 5.42. The zero-order valence-electron chi connectivity index (χ0n) is 18.0. The highest BCUT2D eigenvalue weighted by Gasteiger charge is 2.56. The summed E-state index contributed by atoms with van der Waals surface area (Å²) in [6.07, 6.45) is 7.69. The van der Waals surface area contributed by atoms with Crippen LogP contribution in [0.25, 0.3) is 5.88 Å². The second kappa shape index (κ2) is 6.81. The van der Waals surface area contributed by atoms with Gasteiger partial charge < -0.3 is 4.42 Å². The first kappa shape index (κ1) is 19.6. The molecular formula is C24H24N4O3. The smallest absolute Gasteiger partial charge is 0.254 e. The zero-order valence-corrected chi connectivity index (χ0v) is 18.0. The average Bonchev–Trinajstić information content (AvgIpc) is 3.31. The SMILES string of the molecule is Cc1oc(-n2c(C)cc(/C=N\N3C(=O)[C@@H]4[C@@H](C3=O)[C@H]3C=C[C@H]4CC3)c2C)c(C#N)c1C. The zero-order chi connectivity index (χ0) is 22.0. The number of rotatable bonds is 3. The summed E-state index contributed by atoms with van der Waals surface area (Å²) in [5, 5.41) is 15.0. The number of fused-ring (bicyclic) bond motifs is 1. The molecule has 6 rings (SSSR count). The first-order valence-corrected chi connectivity index (χ1v) is 10.6. The molecular weight excluding hydrogens is 392 g/mol. The summed E-state index contributed by atoms with van der Waals surface area (Å²) in [6.45, 7) is 7.52. The van der Waals surface area contributed by atoms with Crippen LogP contribution in [0.2, 0.25) is 0 Å². The summed E-state index contributed by atoms with van der Waals surface area (Å²) in [6, 6.07) is 4.14. The molecule has 4 atom stereocenters. The minimum atomic E-state index is -0.270. The van der Waals surface area contributed by atoms with E-state index in [0.717, 1.165) is 40.4 Å². The van der Waals surface area contributed by atoms with Crippen molar-refractivity contribution in [3.05, 3.63) is 52.1 Å². The Kier molecular flexibility index (Phi) is 4.30. The van der Waals surface area contributed by atoms with Gasteiger partial charge in [-0.15, -0.1) is 0 Å². The molecule has 2 bridgehead atoms. The van der Waals surface area contributed by atoms with Crippen LogP contribution in [0.3, 0.4) is 0 Å². The maximum Gasteiger partial charge on any atom is 0.254 e. The molecule has 7 heteroatoms. The van der Waals surface area contributed by atoms with Crippen LogP contribution in [0.15, 0.2) is 27.7 Å². The van der Waals surface area contributed by atoms with Crippen molar-refractivity contribution in [1.29, 1.82) is 5.26 Å². The molecule has 2 aromatic rings. The summed E-state index contributed by atoms with van der Waals surface area (Å²) in [4.78, 5) is 25.9. The van der Waals surface area contributed by atoms with Crippen LogP contribution in [-0.2, 0) is 9.59 Å². The molecule has 3 heterocycles. The van der Waals surface area contributed by atoms with Crippen LogP contribution in [0, 0.1) is 62.7 Å². The third-order valence-corrected chi connectivity index (χ3v) is 7.20. The van der Waals surface area contributed by atoms with Crippen molar-refractivity contribution in [3.63, 3.8) is 0 Å². The fraction of sp³-hybridized carbons (Fsp3) is 0.417. The molecule has 2 fully saturated rings. The number of hydrogen-bond donors (Lipinski definition) is 0. The lowest BCUT2D eigenvalue weighted by atomic mass is 9.63. The molecule has 31 heavy (non-hydrogen) atoms. The van der Waals surface area contributed by atoms with E-state index in [4.69, 9.17) is 4.42 Å². The van der Waals surface area contributed by atoms with Crippen molar-refractivity contribution >= 4 is 18.0 Å². The van der Waals surface area contributed by atoms with E-state index in [1.165, 1.54) is 0 Å². The predicted octanol–water partition coefficient (Wildman–Crippen LogP) is 3.71. The minimum Gasteiger partial charge on any atom is -0.443 e. The van der Waals surface area contributed by atoms with Crippen molar-refractivity contribution in [2.45, 2.75) is 40.5 Å². The highest BCUT2D eigenvalue weighted by atomic mass is 16.4. The number of hydrogen-bond acceptors (Lipinski definition) is 5. The third kappa shape index (κ3) is 2.67. The predicted molar refractivity (Wildman–Crippen MR) is 113 cm³/mol. The number of imide groups is 1. The van der Waals surface area contributed by atoms with Crippen molar-refractivity contribution in [1.82, 2.24) is 9.58 Å². The molecule has 3 aliphatic carbocycles. The molecule has 7 nitrogen and oxygen atoms in total. The van der Waals surface area contributed by atoms with Crippen molar-refractivity contribution < 1.29 is 14.0 Å². The Morgan fingerprint density at radius 1 is 1.10 bits per heavy atom. The Hall–Kier alpha value is -3.40. The average molecular weight is 416 g/mol. The van der Waals surface area contributed by atoms with Crippen LogP contribution >= 0.6 is 0 Å². The van der Waals surface area contributed by atoms with Gasteiger partial charge in [0.1, 0.15) is 17.4 Å². The molecule has 1 aliphatic heterocycles. The molecule has 0 N–H and O–H groups in total. The van der Waals surface area contributed by atoms with E-state index in [0.29, 0.717) is 17.2 Å². The van der Waals surface area contributed by atoms with Crippen LogP contribution in [-0.4, -0.2) is 27.6 Å². The van der Waals surface area contributed by atoms with Gasteiger partial charge in [-0.25, -0.2) is 0 Å². The molecule has 4 aliphatic rings. The van der Waals surface area contributed by atoms with Crippen LogP contribution in [0.5, 0.6) is 0 Å². The fourth-order valence-electron chi connectivity index (χ4n) is 5.42. The van der Waals surface area contributed by atoms with E-state index in [-0.39, 0.29) is 35.5 Å². The minimum absolute atomic E-state index is 0.145. The van der Waals surface area contributed by atoms with Gasteiger partial charge >= 0.3 is 0 Å². The molecule has 0 radical (unpaired) electrons. The third-order valence-electron chi connectivity index (χ3n) is 7.20. The van der Waals surface area contributed by atoms with Gasteiger partial charge in [-0.1, -0.05) is 12.2 Å². The molecule has 0 unspecified atom stereocenters. The molecule has 1 saturated carbocycles. The highest BCUT2D eigenvalue weighted by molar-refractivity contribution is 6.06. The number of nitrogens with zero attached hydrogens (tertiary/aromatic N) is 4. The number of allylic oxidation sites excluding steroid dienone is 2. The molecule has 1 saturated heterocycles. The molecule has 0 aromatic carbocycles. The summed E-state index contributed by atoms with van der Waals surface area (Å²) >= 11 is 0. The Balaban J connectivity index is 1.48. The number of furan rings is 1. The molecule has 2 aromatic heterocycles. The van der Waals surface area contributed by atoms with Gasteiger partial charge in [0.2, 0.25) is 5.88 Å². The lowest BCUT2D eigenvalue weighted by Gasteiger charge is -2.37. The Labute approximate surface area is 180 Å². The Morgan fingerprint density at radius 2 is 1.71 bits per heavy atom. The van der Waals surface area contributed by atoms with Gasteiger partial charge in [-0.05, 0) is 58.4 Å². The number of carbonyl (C=O) groups is 2. The quantitative estimate of drug-likeness (QED) is 0.433. The topological polar surface area (TPSA) is 91.6 Å². The summed E-state index contributed by atoms with van der Waals surface area (Å²) in [7, 11) is 0. The highest BCUT2D eigenvalue weighted by Crippen LogP contribution is 2.49. The standard InChI is InChI=1S/C24H24N4O3/c1-12-9-18(14(3)27(12)24-19(10-25)13(2)15(4)31-24)11-26-28-22(29)20-16-5-6-17(8-7-16)21(20)23(28)30/h5-6,9,11,16-17,20-21H,7-8H2,1-4H3/b26-11-/t16-,17-,20-,21-/m0/s1. The van der Waals surface area contributed by atoms with Crippen LogP contribution in [0.1, 0.15) is 46.7 Å². The molecule has 0 spiro atoms. The van der Waals surface area contributed by atoms with Crippen molar-refractivity contribution in [2.24, 2.45) is 28.8 Å². The van der Waals surface area contributed by atoms with Gasteiger partial charge in [-0.3, -0.25) is 14.2 Å². The largest absolute Gasteiger partial charge is 0.443 e. The maximum atomic E-state index is 13.0. The molecule has 158 valence electrons. The lowest BCUT2D eigenvalue weighted by molar-refractivity contribution is -0.140. The second-order valence-electron chi connectivity index (χ2n) is 8.81. The number of aromatic nitrogens is 1. The van der Waals surface area contributed by atoms with E-state index in [9.17, 15) is 14.9 Å². The first-order chi connectivity index (χ1) is 14.8. The lowest BCUT2D eigenvalue weighted by Crippen LogP contribution is -2.38. The van der Waals surface area contributed by atoms with Gasteiger partial charge in [-0.2, -0.15) is 15.4 Å². The number of amides is 2. The van der Waals surface area contributed by atoms with E-state index in [1.807, 2.05) is 38.3 Å².